The van der Waals surface area contributed by atoms with Crippen LogP contribution >= 0.6 is 0 Å². The average Bonchev–Trinajstić information content (AvgIpc) is 3.03. The Balaban J connectivity index is 1.90. The maximum absolute atomic E-state index is 6.71. The molecule has 0 unspecified atom stereocenters. The van der Waals surface area contributed by atoms with Gasteiger partial charge in [-0.25, -0.2) is 0 Å². The van der Waals surface area contributed by atoms with Gasteiger partial charge in [0.1, 0.15) is 7.85 Å². The molecule has 0 heterocycles. The van der Waals surface area contributed by atoms with Crippen LogP contribution in [0.15, 0.2) is 29.8 Å². The molecule has 0 saturated heterocycles. The number of allylic oxidation sites excluding steroid dienone is 4. The molecule has 2 aromatic rings. The van der Waals surface area contributed by atoms with Gasteiger partial charge in [0, 0.05) is 0 Å². The molecule has 2 aliphatic rings. The molecule has 1 heteroatoms. The molecule has 142 valence electrons. The molecule has 0 spiro atoms. The second-order valence-corrected chi connectivity index (χ2v) is 9.66. The molecule has 2 aliphatic carbocycles. The van der Waals surface area contributed by atoms with Gasteiger partial charge in [-0.1, -0.05) is 56.1 Å². The molecule has 2 radical (unpaired) electrons. The molecule has 0 aliphatic heterocycles. The first-order chi connectivity index (χ1) is 13.1. The van der Waals surface area contributed by atoms with Crippen molar-refractivity contribution in [3.05, 3.63) is 74.4 Å². The highest BCUT2D eigenvalue weighted by atomic mass is 14.4. The third kappa shape index (κ3) is 2.74. The molecule has 0 N–H and O–H groups in total. The van der Waals surface area contributed by atoms with Gasteiger partial charge in [-0.2, -0.15) is 0 Å². The Morgan fingerprint density at radius 2 is 1.54 bits per heavy atom. The lowest BCUT2D eigenvalue weighted by Gasteiger charge is -2.25. The van der Waals surface area contributed by atoms with E-state index < -0.39 is 0 Å². The minimum Gasteiger partial charge on any atom is -0.0856 e. The fraction of sp³-hybridized carbons (Fsp3) is 0.407. The first kappa shape index (κ1) is 19.3. The van der Waals surface area contributed by atoms with Crippen molar-refractivity contribution < 1.29 is 0 Å². The van der Waals surface area contributed by atoms with Crippen molar-refractivity contribution in [3.63, 3.8) is 0 Å². The lowest BCUT2D eigenvalue weighted by atomic mass is 9.74. The second-order valence-electron chi connectivity index (χ2n) is 9.66. The summed E-state index contributed by atoms with van der Waals surface area (Å²) in [5.74, 6) is 0. The summed E-state index contributed by atoms with van der Waals surface area (Å²) in [6.45, 7) is 15.8. The largest absolute Gasteiger partial charge is 0.115 e. The summed E-state index contributed by atoms with van der Waals surface area (Å²) in [5, 5.41) is 0. The lowest BCUT2D eigenvalue weighted by molar-refractivity contribution is 0.584. The molecule has 0 atom stereocenters. The molecule has 0 aromatic heterocycles. The van der Waals surface area contributed by atoms with Crippen molar-refractivity contribution >= 4 is 24.5 Å². The molecular formula is C27H31B. The number of rotatable bonds is 1. The minimum absolute atomic E-state index is 0.163. The predicted molar refractivity (Wildman–Crippen MR) is 124 cm³/mol. The molecular weight excluding hydrogens is 335 g/mol. The molecule has 0 bridgehead atoms. The molecule has 0 saturated carbocycles. The zero-order valence-electron chi connectivity index (χ0n) is 18.5. The van der Waals surface area contributed by atoms with Gasteiger partial charge in [-0.15, -0.1) is 0 Å². The van der Waals surface area contributed by atoms with Crippen LogP contribution in [0, 0.1) is 27.7 Å². The molecule has 4 rings (SSSR count). The Kier molecular flexibility index (Phi) is 4.49. The minimum atomic E-state index is 0.163. The van der Waals surface area contributed by atoms with E-state index in [0.29, 0.717) is 0 Å². The topological polar surface area (TPSA) is 0 Å². The summed E-state index contributed by atoms with van der Waals surface area (Å²) in [6, 6.07) is 6.89. The van der Waals surface area contributed by atoms with Crippen molar-refractivity contribution in [3.8, 4) is 0 Å². The smallest absolute Gasteiger partial charge is 0.0856 e. The number of hydrogen-bond acceptors (Lipinski definition) is 0. The first-order valence-electron chi connectivity index (χ1n) is 10.5. The SMILES string of the molecule is [B]c1c(C)c(C)c(C)c(C)c1C1=CCCC2=C1Cc1c2cccc1C(C)(C)C. The van der Waals surface area contributed by atoms with E-state index >= 15 is 0 Å². The van der Waals surface area contributed by atoms with Crippen LogP contribution in [0.2, 0.25) is 0 Å². The lowest BCUT2D eigenvalue weighted by Crippen LogP contribution is -2.20. The van der Waals surface area contributed by atoms with Crippen LogP contribution < -0.4 is 5.46 Å². The van der Waals surface area contributed by atoms with Crippen molar-refractivity contribution in [2.75, 3.05) is 0 Å². The van der Waals surface area contributed by atoms with Gasteiger partial charge in [0.05, 0.1) is 0 Å². The Bertz CT molecular complexity index is 1030. The Morgan fingerprint density at radius 1 is 0.857 bits per heavy atom. The quantitative estimate of drug-likeness (QED) is 0.527. The van der Waals surface area contributed by atoms with E-state index in [1.165, 1.54) is 55.7 Å². The Hall–Kier alpha value is -2.02. The van der Waals surface area contributed by atoms with Gasteiger partial charge >= 0.3 is 0 Å². The Labute approximate surface area is 172 Å². The maximum atomic E-state index is 6.71. The van der Waals surface area contributed by atoms with E-state index in [1.54, 1.807) is 5.57 Å². The fourth-order valence-corrected chi connectivity index (χ4v) is 5.18. The summed E-state index contributed by atoms with van der Waals surface area (Å²) < 4.78 is 0. The van der Waals surface area contributed by atoms with Crippen LogP contribution in [0.5, 0.6) is 0 Å². The van der Waals surface area contributed by atoms with Crippen LogP contribution in [-0.4, -0.2) is 7.85 Å². The van der Waals surface area contributed by atoms with E-state index in [9.17, 15) is 0 Å². The van der Waals surface area contributed by atoms with E-state index in [1.807, 2.05) is 0 Å². The van der Waals surface area contributed by atoms with E-state index in [-0.39, 0.29) is 5.41 Å². The highest BCUT2D eigenvalue weighted by Gasteiger charge is 2.31. The average molecular weight is 366 g/mol. The van der Waals surface area contributed by atoms with Gasteiger partial charge in [0.2, 0.25) is 0 Å². The highest BCUT2D eigenvalue weighted by Crippen LogP contribution is 2.48. The van der Waals surface area contributed by atoms with Crippen molar-refractivity contribution in [1.29, 1.82) is 0 Å². The first-order valence-corrected chi connectivity index (χ1v) is 10.5. The maximum Gasteiger partial charge on any atom is 0.115 e. The van der Waals surface area contributed by atoms with Crippen LogP contribution in [0.3, 0.4) is 0 Å². The summed E-state index contributed by atoms with van der Waals surface area (Å²) >= 11 is 0. The van der Waals surface area contributed by atoms with E-state index in [4.69, 9.17) is 7.85 Å². The molecule has 28 heavy (non-hydrogen) atoms. The normalized spacial score (nSPS) is 16.2. The van der Waals surface area contributed by atoms with Gasteiger partial charge in [-0.05, 0) is 108 Å². The summed E-state index contributed by atoms with van der Waals surface area (Å²) in [5.41, 5.74) is 16.6. The predicted octanol–water partition coefficient (Wildman–Crippen LogP) is 6.20. The number of benzene rings is 2. The van der Waals surface area contributed by atoms with Crippen LogP contribution in [0.4, 0.5) is 0 Å². The molecule has 0 fully saturated rings. The van der Waals surface area contributed by atoms with Gasteiger partial charge in [0.15, 0.2) is 0 Å². The zero-order chi connectivity index (χ0) is 20.4. The van der Waals surface area contributed by atoms with Crippen LogP contribution in [0.25, 0.3) is 11.1 Å². The molecule has 0 nitrogen and oxygen atoms in total. The second kappa shape index (κ2) is 6.51. The third-order valence-corrected chi connectivity index (χ3v) is 7.10. The summed E-state index contributed by atoms with van der Waals surface area (Å²) in [4.78, 5) is 0. The van der Waals surface area contributed by atoms with Crippen LogP contribution in [-0.2, 0) is 11.8 Å². The molecule has 0 amide bonds. The summed E-state index contributed by atoms with van der Waals surface area (Å²) in [7, 11) is 6.71. The van der Waals surface area contributed by atoms with Crippen molar-refractivity contribution in [1.82, 2.24) is 0 Å². The highest BCUT2D eigenvalue weighted by molar-refractivity contribution is 6.36. The Morgan fingerprint density at radius 3 is 2.21 bits per heavy atom. The third-order valence-electron chi connectivity index (χ3n) is 7.10. The number of hydrogen-bond donors (Lipinski definition) is 0. The van der Waals surface area contributed by atoms with Gasteiger partial charge in [0.25, 0.3) is 0 Å². The van der Waals surface area contributed by atoms with E-state index in [0.717, 1.165) is 24.7 Å². The monoisotopic (exact) mass is 366 g/mol. The van der Waals surface area contributed by atoms with Gasteiger partial charge < -0.3 is 0 Å². The van der Waals surface area contributed by atoms with Crippen LogP contribution in [0.1, 0.15) is 78.1 Å². The number of fused-ring (bicyclic) bond motifs is 2. The summed E-state index contributed by atoms with van der Waals surface area (Å²) in [6.07, 6.45) is 5.71. The molecule has 2 aromatic carbocycles. The fourth-order valence-electron chi connectivity index (χ4n) is 5.18. The zero-order valence-corrected chi connectivity index (χ0v) is 18.5. The van der Waals surface area contributed by atoms with E-state index in [2.05, 4.69) is 72.7 Å². The van der Waals surface area contributed by atoms with Crippen molar-refractivity contribution in [2.45, 2.75) is 73.1 Å². The van der Waals surface area contributed by atoms with Gasteiger partial charge in [-0.3, -0.25) is 0 Å². The van der Waals surface area contributed by atoms with Crippen molar-refractivity contribution in [2.24, 2.45) is 0 Å². The standard InChI is InChI=1S/C27H31B/c1-15-16(2)18(4)26(28)25(17(15)3)21-12-8-10-19-20-11-9-13-24(27(5,6)7)23(20)14-22(19)21/h9,11-13H,8,10,14H2,1-7H3.